The van der Waals surface area contributed by atoms with Crippen LogP contribution in [0.25, 0.3) is 11.1 Å². The van der Waals surface area contributed by atoms with E-state index < -0.39 is 11.9 Å². The highest BCUT2D eigenvalue weighted by Crippen LogP contribution is 2.15. The molecule has 7 heteroatoms. The van der Waals surface area contributed by atoms with E-state index in [1.807, 2.05) is 29.9 Å². The molecule has 24 heavy (non-hydrogen) atoms. The SMILES string of the molecule is Cn1cccc1C(O)CCNC(=O)Cn1c(=O)oc2ccccc21. The largest absolute Gasteiger partial charge is 0.420 e. The Labute approximate surface area is 138 Å². The van der Waals surface area contributed by atoms with Gasteiger partial charge in [0, 0.05) is 25.5 Å². The number of hydrogen-bond donors (Lipinski definition) is 2. The summed E-state index contributed by atoms with van der Waals surface area (Å²) in [5.74, 6) is -0.863. The molecule has 1 amide bonds. The van der Waals surface area contributed by atoms with Crippen LogP contribution >= 0.6 is 0 Å². The third kappa shape index (κ3) is 3.26. The van der Waals surface area contributed by atoms with Crippen LogP contribution in [0.3, 0.4) is 0 Å². The van der Waals surface area contributed by atoms with Crippen molar-refractivity contribution in [3.63, 3.8) is 0 Å². The Kier molecular flexibility index (Phi) is 4.52. The van der Waals surface area contributed by atoms with Crippen molar-refractivity contribution in [1.29, 1.82) is 0 Å². The fourth-order valence-electron chi connectivity index (χ4n) is 2.68. The number of carbonyl (C=O) groups is 1. The third-order valence-corrected chi connectivity index (χ3v) is 3.94. The molecule has 1 atom stereocenters. The molecule has 1 aromatic carbocycles. The van der Waals surface area contributed by atoms with Crippen molar-refractivity contribution in [2.75, 3.05) is 6.54 Å². The fraction of sp³-hybridized carbons (Fsp3) is 0.294. The van der Waals surface area contributed by atoms with Crippen LogP contribution in [0.15, 0.2) is 51.8 Å². The number of aromatic nitrogens is 2. The van der Waals surface area contributed by atoms with E-state index in [1.165, 1.54) is 4.57 Å². The first kappa shape index (κ1) is 16.1. The molecule has 2 N–H and O–H groups in total. The van der Waals surface area contributed by atoms with Crippen LogP contribution in [-0.2, 0) is 18.4 Å². The number of rotatable bonds is 6. The van der Waals surface area contributed by atoms with Crippen molar-refractivity contribution in [1.82, 2.24) is 14.5 Å². The van der Waals surface area contributed by atoms with E-state index in [0.717, 1.165) is 5.69 Å². The molecule has 0 aliphatic rings. The summed E-state index contributed by atoms with van der Waals surface area (Å²) in [5, 5.41) is 12.8. The van der Waals surface area contributed by atoms with Crippen molar-refractivity contribution in [3.05, 3.63) is 58.8 Å². The first-order chi connectivity index (χ1) is 11.6. The maximum absolute atomic E-state index is 12.0. The second-order valence-electron chi connectivity index (χ2n) is 5.62. The maximum atomic E-state index is 12.0. The number of oxazole rings is 1. The number of fused-ring (bicyclic) bond motifs is 1. The molecule has 7 nitrogen and oxygen atoms in total. The van der Waals surface area contributed by atoms with Gasteiger partial charge in [-0.05, 0) is 30.7 Å². The van der Waals surface area contributed by atoms with Crippen LogP contribution in [0.4, 0.5) is 0 Å². The Morgan fingerprint density at radius 3 is 2.83 bits per heavy atom. The molecule has 0 spiro atoms. The van der Waals surface area contributed by atoms with Crippen LogP contribution in [-0.4, -0.2) is 26.7 Å². The van der Waals surface area contributed by atoms with Gasteiger partial charge < -0.3 is 19.4 Å². The number of carbonyl (C=O) groups excluding carboxylic acids is 1. The van der Waals surface area contributed by atoms with Crippen molar-refractivity contribution in [3.8, 4) is 0 Å². The van der Waals surface area contributed by atoms with Gasteiger partial charge in [-0.3, -0.25) is 9.36 Å². The Morgan fingerprint density at radius 2 is 2.08 bits per heavy atom. The van der Waals surface area contributed by atoms with E-state index in [1.54, 1.807) is 24.3 Å². The van der Waals surface area contributed by atoms with Crippen LogP contribution in [0.1, 0.15) is 18.2 Å². The van der Waals surface area contributed by atoms with Crippen molar-refractivity contribution in [2.24, 2.45) is 7.05 Å². The fourth-order valence-corrected chi connectivity index (χ4v) is 2.68. The lowest BCUT2D eigenvalue weighted by Crippen LogP contribution is -2.32. The van der Waals surface area contributed by atoms with Gasteiger partial charge >= 0.3 is 5.76 Å². The molecule has 0 radical (unpaired) electrons. The first-order valence-corrected chi connectivity index (χ1v) is 7.70. The topological polar surface area (TPSA) is 89.4 Å². The molecule has 0 aliphatic carbocycles. The lowest BCUT2D eigenvalue weighted by Gasteiger charge is -2.12. The standard InChI is InChI=1S/C17H19N3O4/c1-19-10-4-6-12(19)14(21)8-9-18-16(22)11-20-13-5-2-3-7-15(13)24-17(20)23/h2-7,10,14,21H,8-9,11H2,1H3,(H,18,22). The van der Waals surface area contributed by atoms with Gasteiger partial charge in [-0.1, -0.05) is 12.1 Å². The lowest BCUT2D eigenvalue weighted by atomic mass is 10.2. The Morgan fingerprint density at radius 1 is 1.29 bits per heavy atom. The van der Waals surface area contributed by atoms with Crippen LogP contribution in [0.2, 0.25) is 0 Å². The predicted molar refractivity (Wildman–Crippen MR) is 88.5 cm³/mol. The highest BCUT2D eigenvalue weighted by atomic mass is 16.4. The van der Waals surface area contributed by atoms with Crippen molar-refractivity contribution >= 4 is 17.0 Å². The van der Waals surface area contributed by atoms with Crippen LogP contribution in [0.5, 0.6) is 0 Å². The third-order valence-electron chi connectivity index (χ3n) is 3.94. The molecular formula is C17H19N3O4. The Bertz CT molecular complexity index is 906. The molecule has 3 rings (SSSR count). The minimum absolute atomic E-state index is 0.115. The zero-order chi connectivity index (χ0) is 17.1. The molecule has 0 saturated heterocycles. The normalized spacial score (nSPS) is 12.4. The van der Waals surface area contributed by atoms with Gasteiger partial charge in [-0.15, -0.1) is 0 Å². The van der Waals surface area contributed by atoms with E-state index in [9.17, 15) is 14.7 Å². The average molecular weight is 329 g/mol. The summed E-state index contributed by atoms with van der Waals surface area (Å²) < 4.78 is 8.22. The van der Waals surface area contributed by atoms with Crippen molar-refractivity contribution in [2.45, 2.75) is 19.1 Å². The molecule has 2 heterocycles. The van der Waals surface area contributed by atoms with Gasteiger partial charge in [0.05, 0.1) is 11.6 Å². The maximum Gasteiger partial charge on any atom is 0.420 e. The minimum atomic E-state index is -0.650. The molecular weight excluding hydrogens is 310 g/mol. The van der Waals surface area contributed by atoms with Crippen molar-refractivity contribution < 1.29 is 14.3 Å². The summed E-state index contributed by atoms with van der Waals surface area (Å²) >= 11 is 0. The first-order valence-electron chi connectivity index (χ1n) is 7.70. The number of benzene rings is 1. The van der Waals surface area contributed by atoms with E-state index in [4.69, 9.17) is 4.42 Å². The number of nitrogens with zero attached hydrogens (tertiary/aromatic N) is 2. The van der Waals surface area contributed by atoms with Gasteiger partial charge in [0.25, 0.3) is 0 Å². The summed E-state index contributed by atoms with van der Waals surface area (Å²) in [6.45, 7) is 0.200. The van der Waals surface area contributed by atoms with Gasteiger partial charge in [-0.2, -0.15) is 0 Å². The number of amides is 1. The van der Waals surface area contributed by atoms with E-state index in [0.29, 0.717) is 24.1 Å². The zero-order valence-corrected chi connectivity index (χ0v) is 13.3. The molecule has 2 aromatic heterocycles. The number of nitrogens with one attached hydrogen (secondary N) is 1. The Hall–Kier alpha value is -2.80. The van der Waals surface area contributed by atoms with Gasteiger partial charge in [0.1, 0.15) is 6.54 Å². The van der Waals surface area contributed by atoms with Gasteiger partial charge in [-0.25, -0.2) is 4.79 Å². The van der Waals surface area contributed by atoms with Gasteiger partial charge in [0.15, 0.2) is 5.58 Å². The molecule has 1 unspecified atom stereocenters. The van der Waals surface area contributed by atoms with E-state index >= 15 is 0 Å². The summed E-state index contributed by atoms with van der Waals surface area (Å²) in [7, 11) is 1.85. The van der Waals surface area contributed by atoms with Gasteiger partial charge in [0.2, 0.25) is 5.91 Å². The summed E-state index contributed by atoms with van der Waals surface area (Å²) in [6, 6.07) is 10.6. The summed E-state index contributed by atoms with van der Waals surface area (Å²) in [4.78, 5) is 23.9. The highest BCUT2D eigenvalue weighted by molar-refractivity contribution is 5.79. The molecule has 0 bridgehead atoms. The minimum Gasteiger partial charge on any atom is -0.408 e. The number of aryl methyl sites for hydroxylation is 1. The van der Waals surface area contributed by atoms with Crippen LogP contribution in [0, 0.1) is 0 Å². The zero-order valence-electron chi connectivity index (χ0n) is 13.3. The number of aliphatic hydroxyl groups is 1. The van der Waals surface area contributed by atoms with E-state index in [-0.39, 0.29) is 12.5 Å². The second kappa shape index (κ2) is 6.76. The predicted octanol–water partition coefficient (Wildman–Crippen LogP) is 1.17. The molecule has 126 valence electrons. The monoisotopic (exact) mass is 329 g/mol. The highest BCUT2D eigenvalue weighted by Gasteiger charge is 2.14. The smallest absolute Gasteiger partial charge is 0.408 e. The summed E-state index contributed by atoms with van der Waals surface area (Å²) in [5.41, 5.74) is 1.83. The van der Waals surface area contributed by atoms with Crippen LogP contribution < -0.4 is 11.1 Å². The number of hydrogen-bond acceptors (Lipinski definition) is 4. The molecule has 3 aromatic rings. The number of para-hydroxylation sites is 2. The Balaban J connectivity index is 1.57. The van der Waals surface area contributed by atoms with E-state index in [2.05, 4.69) is 5.32 Å². The molecule has 0 aliphatic heterocycles. The second-order valence-corrected chi connectivity index (χ2v) is 5.62. The summed E-state index contributed by atoms with van der Waals surface area (Å²) in [6.07, 6.45) is 1.60. The molecule has 0 fully saturated rings. The average Bonchev–Trinajstić information content (AvgIpc) is 3.11. The molecule has 0 saturated carbocycles. The lowest BCUT2D eigenvalue weighted by molar-refractivity contribution is -0.121. The quantitative estimate of drug-likeness (QED) is 0.710. The number of aliphatic hydroxyl groups excluding tert-OH is 1.